The van der Waals surface area contributed by atoms with Crippen molar-refractivity contribution in [1.29, 1.82) is 0 Å². The van der Waals surface area contributed by atoms with Gasteiger partial charge in [0.05, 0.1) is 25.7 Å². The number of fused-ring (bicyclic) bond motifs is 1. The van der Waals surface area contributed by atoms with Crippen LogP contribution in [0.5, 0.6) is 0 Å². The van der Waals surface area contributed by atoms with Crippen LogP contribution in [0.4, 0.5) is 0 Å². The molecule has 0 radical (unpaired) electrons. The van der Waals surface area contributed by atoms with Gasteiger partial charge < -0.3 is 9.84 Å². The van der Waals surface area contributed by atoms with E-state index in [0.29, 0.717) is 18.6 Å². The number of nitrogens with zero attached hydrogens (tertiary/aromatic N) is 1. The lowest BCUT2D eigenvalue weighted by Crippen LogP contribution is -2.51. The molecule has 4 heteroatoms. The monoisotopic (exact) mass is 247 g/mol. The molecular weight excluding hydrogens is 230 g/mol. The minimum atomic E-state index is -0.694. The first-order valence-electron chi connectivity index (χ1n) is 6.35. The molecule has 2 aliphatic heterocycles. The molecule has 0 aliphatic carbocycles. The molecule has 1 fully saturated rings. The predicted octanol–water partition coefficient (Wildman–Crippen LogP) is 1.66. The molecule has 1 N–H and O–H groups in total. The van der Waals surface area contributed by atoms with E-state index in [0.717, 1.165) is 19.7 Å². The van der Waals surface area contributed by atoms with E-state index >= 15 is 0 Å². The summed E-state index contributed by atoms with van der Waals surface area (Å²) in [7, 11) is 0. The highest BCUT2D eigenvalue weighted by atomic mass is 16.5. The van der Waals surface area contributed by atoms with Gasteiger partial charge in [-0.05, 0) is 17.0 Å². The highest BCUT2D eigenvalue weighted by Gasteiger charge is 2.36. The van der Waals surface area contributed by atoms with Gasteiger partial charge in [0.15, 0.2) is 0 Å². The number of carboxylic acid groups (broad SMARTS) is 1. The van der Waals surface area contributed by atoms with Crippen LogP contribution in [0.2, 0.25) is 0 Å². The number of aliphatic carboxylic acids is 1. The molecule has 0 saturated carbocycles. The zero-order valence-electron chi connectivity index (χ0n) is 10.2. The molecule has 1 aromatic rings. The number of carbonyl (C=O) groups is 1. The summed E-state index contributed by atoms with van der Waals surface area (Å²) in [5.41, 5.74) is 2.60. The molecule has 1 aromatic carbocycles. The summed E-state index contributed by atoms with van der Waals surface area (Å²) in [6.07, 6.45) is 0.283. The molecule has 1 atom stereocenters. The largest absolute Gasteiger partial charge is 0.481 e. The second-order valence-electron chi connectivity index (χ2n) is 5.15. The summed E-state index contributed by atoms with van der Waals surface area (Å²) in [4.78, 5) is 13.0. The van der Waals surface area contributed by atoms with Gasteiger partial charge in [0.2, 0.25) is 0 Å². The Balaban J connectivity index is 1.67. The number of hydrogen-bond donors (Lipinski definition) is 1. The minimum absolute atomic E-state index is 0.283. The van der Waals surface area contributed by atoms with Crippen LogP contribution in [-0.2, 0) is 16.1 Å². The maximum absolute atomic E-state index is 10.6. The van der Waals surface area contributed by atoms with Crippen molar-refractivity contribution >= 4 is 5.97 Å². The summed E-state index contributed by atoms with van der Waals surface area (Å²) in [6, 6.07) is 8.67. The SMILES string of the molecule is O=C(O)CC1CN(C2COCc3ccccc32)C1. The number of carboxylic acids is 1. The number of hydrogen-bond acceptors (Lipinski definition) is 3. The van der Waals surface area contributed by atoms with Crippen molar-refractivity contribution in [2.45, 2.75) is 19.1 Å². The molecule has 1 saturated heterocycles. The molecule has 18 heavy (non-hydrogen) atoms. The number of rotatable bonds is 3. The zero-order chi connectivity index (χ0) is 12.5. The fourth-order valence-corrected chi connectivity index (χ4v) is 2.90. The van der Waals surface area contributed by atoms with E-state index in [1.807, 2.05) is 6.07 Å². The molecule has 0 spiro atoms. The van der Waals surface area contributed by atoms with Crippen molar-refractivity contribution in [3.05, 3.63) is 35.4 Å². The maximum atomic E-state index is 10.6. The topological polar surface area (TPSA) is 49.8 Å². The highest BCUT2D eigenvalue weighted by Crippen LogP contribution is 2.34. The molecular formula is C14H17NO3. The molecule has 96 valence electrons. The Morgan fingerprint density at radius 2 is 2.17 bits per heavy atom. The molecule has 2 heterocycles. The zero-order valence-corrected chi connectivity index (χ0v) is 10.2. The van der Waals surface area contributed by atoms with Crippen molar-refractivity contribution < 1.29 is 14.6 Å². The first kappa shape index (κ1) is 11.7. The first-order valence-corrected chi connectivity index (χ1v) is 6.35. The Morgan fingerprint density at radius 1 is 1.39 bits per heavy atom. The third-order valence-corrected chi connectivity index (χ3v) is 3.84. The van der Waals surface area contributed by atoms with Crippen molar-refractivity contribution in [3.63, 3.8) is 0 Å². The van der Waals surface area contributed by atoms with Gasteiger partial charge in [-0.15, -0.1) is 0 Å². The Kier molecular flexibility index (Phi) is 3.06. The van der Waals surface area contributed by atoms with Crippen molar-refractivity contribution in [2.75, 3.05) is 19.7 Å². The normalized spacial score (nSPS) is 24.3. The fourth-order valence-electron chi connectivity index (χ4n) is 2.90. The van der Waals surface area contributed by atoms with Gasteiger partial charge in [0.1, 0.15) is 0 Å². The second kappa shape index (κ2) is 4.71. The van der Waals surface area contributed by atoms with E-state index in [4.69, 9.17) is 9.84 Å². The van der Waals surface area contributed by atoms with Crippen LogP contribution in [0.25, 0.3) is 0 Å². The molecule has 0 bridgehead atoms. The third kappa shape index (κ3) is 2.13. The van der Waals surface area contributed by atoms with E-state index in [-0.39, 0.29) is 6.42 Å². The van der Waals surface area contributed by atoms with Crippen LogP contribution in [-0.4, -0.2) is 35.7 Å². The van der Waals surface area contributed by atoms with Crippen LogP contribution >= 0.6 is 0 Å². The number of ether oxygens (including phenoxy) is 1. The maximum Gasteiger partial charge on any atom is 0.303 e. The standard InChI is InChI=1S/C14H17NO3/c16-14(17)5-10-6-15(7-10)13-9-18-8-11-3-1-2-4-12(11)13/h1-4,10,13H,5-9H2,(H,16,17). The van der Waals surface area contributed by atoms with E-state index in [2.05, 4.69) is 23.1 Å². The van der Waals surface area contributed by atoms with Gasteiger partial charge in [-0.3, -0.25) is 9.69 Å². The Labute approximate surface area is 106 Å². The lowest BCUT2D eigenvalue weighted by molar-refractivity contribution is -0.140. The lowest BCUT2D eigenvalue weighted by atomic mass is 9.90. The average Bonchev–Trinajstić information content (AvgIpc) is 2.32. The predicted molar refractivity (Wildman–Crippen MR) is 66.2 cm³/mol. The molecule has 0 aromatic heterocycles. The minimum Gasteiger partial charge on any atom is -0.481 e. The van der Waals surface area contributed by atoms with Gasteiger partial charge in [-0.25, -0.2) is 0 Å². The molecule has 1 unspecified atom stereocenters. The van der Waals surface area contributed by atoms with Crippen LogP contribution < -0.4 is 0 Å². The number of likely N-dealkylation sites (tertiary alicyclic amines) is 1. The van der Waals surface area contributed by atoms with Crippen LogP contribution in [0.15, 0.2) is 24.3 Å². The van der Waals surface area contributed by atoms with Crippen molar-refractivity contribution in [3.8, 4) is 0 Å². The van der Waals surface area contributed by atoms with Gasteiger partial charge in [0, 0.05) is 13.1 Å². The molecule has 4 nitrogen and oxygen atoms in total. The van der Waals surface area contributed by atoms with Gasteiger partial charge in [-0.2, -0.15) is 0 Å². The quantitative estimate of drug-likeness (QED) is 0.882. The Morgan fingerprint density at radius 3 is 2.94 bits per heavy atom. The van der Waals surface area contributed by atoms with Crippen LogP contribution in [0.1, 0.15) is 23.6 Å². The highest BCUT2D eigenvalue weighted by molar-refractivity contribution is 5.67. The average molecular weight is 247 g/mol. The summed E-state index contributed by atoms with van der Waals surface area (Å²) < 4.78 is 5.62. The smallest absolute Gasteiger partial charge is 0.303 e. The summed E-state index contributed by atoms with van der Waals surface area (Å²) >= 11 is 0. The molecule has 3 rings (SSSR count). The van der Waals surface area contributed by atoms with Crippen molar-refractivity contribution in [2.24, 2.45) is 5.92 Å². The lowest BCUT2D eigenvalue weighted by Gasteiger charge is -2.45. The van der Waals surface area contributed by atoms with Gasteiger partial charge in [0.25, 0.3) is 0 Å². The molecule has 0 amide bonds. The number of benzene rings is 1. The van der Waals surface area contributed by atoms with E-state index < -0.39 is 5.97 Å². The Hall–Kier alpha value is -1.39. The molecule has 2 aliphatic rings. The van der Waals surface area contributed by atoms with E-state index in [1.54, 1.807) is 0 Å². The van der Waals surface area contributed by atoms with E-state index in [1.165, 1.54) is 11.1 Å². The van der Waals surface area contributed by atoms with Gasteiger partial charge >= 0.3 is 5.97 Å². The summed E-state index contributed by atoms with van der Waals surface area (Å²) in [5, 5.41) is 8.76. The van der Waals surface area contributed by atoms with E-state index in [9.17, 15) is 4.79 Å². The first-order chi connectivity index (χ1) is 8.74. The van der Waals surface area contributed by atoms with Gasteiger partial charge in [-0.1, -0.05) is 24.3 Å². The second-order valence-corrected chi connectivity index (χ2v) is 5.15. The summed E-state index contributed by atoms with van der Waals surface area (Å²) in [6.45, 7) is 3.15. The Bertz CT molecular complexity index is 454. The van der Waals surface area contributed by atoms with Crippen LogP contribution in [0.3, 0.4) is 0 Å². The van der Waals surface area contributed by atoms with Crippen LogP contribution in [0, 0.1) is 5.92 Å². The van der Waals surface area contributed by atoms with Crippen molar-refractivity contribution in [1.82, 2.24) is 4.90 Å². The fraction of sp³-hybridized carbons (Fsp3) is 0.500. The third-order valence-electron chi connectivity index (χ3n) is 3.84. The summed E-state index contributed by atoms with van der Waals surface area (Å²) in [5.74, 6) is -0.392.